The summed E-state index contributed by atoms with van der Waals surface area (Å²) >= 11 is 1.70. The summed E-state index contributed by atoms with van der Waals surface area (Å²) < 4.78 is 13.8. The lowest BCUT2D eigenvalue weighted by Gasteiger charge is -2.15. The summed E-state index contributed by atoms with van der Waals surface area (Å²) in [5.74, 6) is 1.37. The molecule has 0 aliphatic carbocycles. The Balaban J connectivity index is 1.85. The Morgan fingerprint density at radius 3 is 2.79 bits per heavy atom. The van der Waals surface area contributed by atoms with Crippen LogP contribution in [0, 0.1) is 6.92 Å². The Morgan fingerprint density at radius 1 is 1.21 bits per heavy atom. The number of anilines is 1. The van der Waals surface area contributed by atoms with E-state index in [1.165, 1.54) is 11.9 Å². The number of nitrogens with two attached hydrogens (primary N) is 1. The topological polar surface area (TPSA) is 77.9 Å². The van der Waals surface area contributed by atoms with Crippen molar-refractivity contribution in [1.29, 1.82) is 0 Å². The normalized spacial score (nSPS) is 11.8. The number of likely N-dealkylation sites (N-methyl/N-ethyl adjacent to an activating group) is 1. The van der Waals surface area contributed by atoms with Crippen molar-refractivity contribution in [3.05, 3.63) is 41.9 Å². The number of hydrogen-bond donors (Lipinski definition) is 1. The molecule has 1 aromatic carbocycles. The molecule has 3 heterocycles. The number of aryl methyl sites for hydroxylation is 1. The Hall–Kier alpha value is -2.68. The molecule has 29 heavy (non-hydrogen) atoms. The van der Waals surface area contributed by atoms with Crippen LogP contribution in [0.2, 0.25) is 0 Å². The van der Waals surface area contributed by atoms with Gasteiger partial charge in [0.2, 0.25) is 0 Å². The number of benzene rings is 1. The zero-order chi connectivity index (χ0) is 20.5. The van der Waals surface area contributed by atoms with Crippen molar-refractivity contribution >= 4 is 32.8 Å². The Kier molecular flexibility index (Phi) is 5.40. The van der Waals surface area contributed by atoms with Crippen LogP contribution < -0.4 is 10.5 Å². The van der Waals surface area contributed by atoms with Gasteiger partial charge in [0.1, 0.15) is 17.6 Å². The number of nitrogens with zero attached hydrogens (tertiary/aromatic N) is 4. The first-order valence-electron chi connectivity index (χ1n) is 9.39. The van der Waals surface area contributed by atoms with Crippen molar-refractivity contribution in [3.63, 3.8) is 0 Å². The molecule has 0 fully saturated rings. The average molecular weight is 412 g/mol. The second-order valence-corrected chi connectivity index (χ2v) is 8.23. The number of aromatic nitrogens is 3. The third kappa shape index (κ3) is 3.66. The van der Waals surface area contributed by atoms with Crippen LogP contribution in [0.25, 0.3) is 26.0 Å². The minimum Gasteiger partial charge on any atom is -0.495 e. The molecule has 0 atom stereocenters. The van der Waals surface area contributed by atoms with Gasteiger partial charge in [-0.25, -0.2) is 9.50 Å². The van der Waals surface area contributed by atoms with E-state index >= 15 is 0 Å². The summed E-state index contributed by atoms with van der Waals surface area (Å²) in [6.45, 7) is 4.32. The minimum absolute atomic E-state index is 0.474. The molecule has 4 rings (SSSR count). The molecule has 0 unspecified atom stereocenters. The van der Waals surface area contributed by atoms with Gasteiger partial charge in [-0.05, 0) is 43.1 Å². The first kappa shape index (κ1) is 19.6. The predicted molar refractivity (Wildman–Crippen MR) is 118 cm³/mol. The van der Waals surface area contributed by atoms with Crippen LogP contribution >= 0.6 is 11.3 Å². The molecule has 0 saturated carbocycles. The van der Waals surface area contributed by atoms with Crippen LogP contribution in [-0.4, -0.2) is 53.9 Å². The van der Waals surface area contributed by atoms with Gasteiger partial charge >= 0.3 is 0 Å². The fraction of sp³-hybridized carbons (Fsp3) is 0.333. The molecule has 0 aliphatic rings. The van der Waals surface area contributed by atoms with Gasteiger partial charge in [-0.15, -0.1) is 11.3 Å². The molecule has 0 saturated heterocycles. The average Bonchev–Trinajstić information content (AvgIpc) is 3.28. The monoisotopic (exact) mass is 411 g/mol. The molecule has 8 heteroatoms. The number of rotatable bonds is 7. The van der Waals surface area contributed by atoms with E-state index in [9.17, 15) is 0 Å². The quantitative estimate of drug-likeness (QED) is 0.501. The summed E-state index contributed by atoms with van der Waals surface area (Å²) in [5.41, 5.74) is 10.4. The van der Waals surface area contributed by atoms with Crippen LogP contribution in [0.15, 0.2) is 30.6 Å². The van der Waals surface area contributed by atoms with Gasteiger partial charge in [0.15, 0.2) is 5.82 Å². The SMILES string of the molecule is COCCN(C)Cc1cc(-c2cc3cc(C)cc(OC)c3s2)c2c(N)ncnn12. The van der Waals surface area contributed by atoms with Gasteiger partial charge in [0, 0.05) is 30.6 Å². The molecule has 152 valence electrons. The molecule has 3 aromatic heterocycles. The predicted octanol–water partition coefficient (Wildman–Crippen LogP) is 3.59. The van der Waals surface area contributed by atoms with Gasteiger partial charge in [-0.2, -0.15) is 5.10 Å². The standard InChI is InChI=1S/C21H25N5O2S/c1-13-7-14-9-18(29-20(14)17(8-13)28-4)16-10-15(11-25(2)5-6-27-3)26-19(16)21(22)23-12-24-26/h7-10,12H,5-6,11H2,1-4H3,(H2,22,23,24). The molecule has 0 aliphatic heterocycles. The first-order chi connectivity index (χ1) is 14.0. The molecule has 0 bridgehead atoms. The summed E-state index contributed by atoms with van der Waals surface area (Å²) in [4.78, 5) is 7.55. The lowest BCUT2D eigenvalue weighted by atomic mass is 10.1. The maximum absolute atomic E-state index is 6.27. The molecule has 7 nitrogen and oxygen atoms in total. The van der Waals surface area contributed by atoms with Gasteiger partial charge in [0.05, 0.1) is 24.1 Å². The van der Waals surface area contributed by atoms with E-state index < -0.39 is 0 Å². The molecule has 4 aromatic rings. The van der Waals surface area contributed by atoms with E-state index in [0.29, 0.717) is 12.4 Å². The van der Waals surface area contributed by atoms with Crippen molar-refractivity contribution in [3.8, 4) is 16.2 Å². The van der Waals surface area contributed by atoms with E-state index in [-0.39, 0.29) is 0 Å². The smallest absolute Gasteiger partial charge is 0.152 e. The van der Waals surface area contributed by atoms with Crippen molar-refractivity contribution in [2.75, 3.05) is 40.2 Å². The second kappa shape index (κ2) is 7.98. The van der Waals surface area contributed by atoms with Crippen molar-refractivity contribution in [2.24, 2.45) is 0 Å². The highest BCUT2D eigenvalue weighted by molar-refractivity contribution is 7.22. The Bertz CT molecular complexity index is 1170. The van der Waals surface area contributed by atoms with Crippen molar-refractivity contribution in [1.82, 2.24) is 19.5 Å². The van der Waals surface area contributed by atoms with Crippen LogP contribution in [0.5, 0.6) is 5.75 Å². The van der Waals surface area contributed by atoms with Crippen LogP contribution in [-0.2, 0) is 11.3 Å². The maximum Gasteiger partial charge on any atom is 0.152 e. The van der Waals surface area contributed by atoms with Gasteiger partial charge in [-0.1, -0.05) is 6.07 Å². The van der Waals surface area contributed by atoms with Gasteiger partial charge in [-0.3, -0.25) is 4.90 Å². The zero-order valence-electron chi connectivity index (χ0n) is 17.1. The lowest BCUT2D eigenvalue weighted by molar-refractivity contribution is 0.158. The second-order valence-electron chi connectivity index (χ2n) is 7.18. The summed E-state index contributed by atoms with van der Waals surface area (Å²) in [7, 11) is 5.49. The van der Waals surface area contributed by atoms with Crippen LogP contribution in [0.3, 0.4) is 0 Å². The summed E-state index contributed by atoms with van der Waals surface area (Å²) in [6, 6.07) is 8.59. The third-order valence-electron chi connectivity index (χ3n) is 4.98. The van der Waals surface area contributed by atoms with E-state index in [2.05, 4.69) is 53.2 Å². The molecule has 2 N–H and O–H groups in total. The number of hydrogen-bond acceptors (Lipinski definition) is 7. The van der Waals surface area contributed by atoms with E-state index in [4.69, 9.17) is 15.2 Å². The fourth-order valence-electron chi connectivity index (χ4n) is 3.58. The van der Waals surface area contributed by atoms with E-state index in [1.54, 1.807) is 25.6 Å². The first-order valence-corrected chi connectivity index (χ1v) is 10.2. The molecule has 0 radical (unpaired) electrons. The molecule has 0 spiro atoms. The Morgan fingerprint density at radius 2 is 2.03 bits per heavy atom. The highest BCUT2D eigenvalue weighted by Gasteiger charge is 2.19. The molecular formula is C21H25N5O2S. The minimum atomic E-state index is 0.474. The van der Waals surface area contributed by atoms with Gasteiger partial charge < -0.3 is 15.2 Å². The van der Waals surface area contributed by atoms with E-state index in [0.717, 1.165) is 50.6 Å². The lowest BCUT2D eigenvalue weighted by Crippen LogP contribution is -2.23. The summed E-state index contributed by atoms with van der Waals surface area (Å²) in [6.07, 6.45) is 1.50. The third-order valence-corrected chi connectivity index (χ3v) is 6.18. The highest BCUT2D eigenvalue weighted by atomic mass is 32.1. The van der Waals surface area contributed by atoms with Crippen molar-refractivity contribution < 1.29 is 9.47 Å². The maximum atomic E-state index is 6.27. The van der Waals surface area contributed by atoms with Gasteiger partial charge in [0.25, 0.3) is 0 Å². The van der Waals surface area contributed by atoms with E-state index in [1.807, 2.05) is 4.52 Å². The number of methoxy groups -OCH3 is 2. The molecular weight excluding hydrogens is 386 g/mol. The van der Waals surface area contributed by atoms with Crippen molar-refractivity contribution in [2.45, 2.75) is 13.5 Å². The number of thiophene rings is 1. The molecule has 0 amide bonds. The Labute approximate surface area is 173 Å². The largest absolute Gasteiger partial charge is 0.495 e. The highest BCUT2D eigenvalue weighted by Crippen LogP contribution is 2.42. The number of fused-ring (bicyclic) bond motifs is 2. The van der Waals surface area contributed by atoms with Crippen LogP contribution in [0.4, 0.5) is 5.82 Å². The number of ether oxygens (including phenoxy) is 2. The van der Waals surface area contributed by atoms with Crippen LogP contribution in [0.1, 0.15) is 11.3 Å². The number of nitrogen functional groups attached to an aromatic ring is 1. The summed E-state index contributed by atoms with van der Waals surface area (Å²) in [5, 5.41) is 5.63. The zero-order valence-corrected chi connectivity index (χ0v) is 17.9. The fourth-order valence-corrected chi connectivity index (χ4v) is 4.73.